The van der Waals surface area contributed by atoms with Crippen LogP contribution < -0.4 is 0 Å². The summed E-state index contributed by atoms with van der Waals surface area (Å²) in [4.78, 5) is 0. The van der Waals surface area contributed by atoms with Crippen molar-refractivity contribution in [2.24, 2.45) is 53.3 Å². The fourth-order valence-electron chi connectivity index (χ4n) is 14.2. The molecular formula is C79H140O9. The fourth-order valence-corrected chi connectivity index (χ4v) is 14.2. The normalized spacial score (nSPS) is 34.4. The number of allylic oxidation sites excluding steroid dienone is 8. The SMILES string of the molecule is C=C(C)C1CCC(O)CC1.C=C(C)C1CCCC(O)C1.C=C(C)C1CCCCC1O.C=CC1CCC(O)CC1.C=CC1CCCC(O)C1.C=CCC1CCC(O)CC1.C=CCC1CCCC(O)C1.C=CCC1CCCCC1O.CC=CC1CCCCC1O. The van der Waals surface area contributed by atoms with Crippen molar-refractivity contribution >= 4 is 0 Å². The number of hydrogen-bond acceptors (Lipinski definition) is 9. The third kappa shape index (κ3) is 40.3. The lowest BCUT2D eigenvalue weighted by molar-refractivity contribution is 0.0714. The van der Waals surface area contributed by atoms with E-state index in [4.69, 9.17) is 15.3 Å². The average Bonchev–Trinajstić information content (AvgIpc) is 3.61. The maximum absolute atomic E-state index is 9.48. The van der Waals surface area contributed by atoms with Crippen molar-refractivity contribution in [1.82, 2.24) is 0 Å². The molecule has 0 aromatic rings. The van der Waals surface area contributed by atoms with E-state index in [9.17, 15) is 30.6 Å². The first-order chi connectivity index (χ1) is 42.1. The lowest BCUT2D eigenvalue weighted by Gasteiger charge is -2.27. The van der Waals surface area contributed by atoms with Gasteiger partial charge in [0.1, 0.15) is 0 Å². The summed E-state index contributed by atoms with van der Waals surface area (Å²) in [5, 5.41) is 83.5. The molecule has 0 heterocycles. The highest BCUT2D eigenvalue weighted by Crippen LogP contribution is 2.33. The molecule has 88 heavy (non-hydrogen) atoms. The highest BCUT2D eigenvalue weighted by Gasteiger charge is 2.26. The van der Waals surface area contributed by atoms with Gasteiger partial charge in [-0.25, -0.2) is 0 Å². The summed E-state index contributed by atoms with van der Waals surface area (Å²) in [5.74, 6) is 5.37. The van der Waals surface area contributed by atoms with E-state index < -0.39 is 0 Å². The molecule has 0 aliphatic heterocycles. The van der Waals surface area contributed by atoms with Crippen molar-refractivity contribution in [2.45, 2.75) is 333 Å². The lowest BCUT2D eigenvalue weighted by atomic mass is 9.83. The van der Waals surface area contributed by atoms with Gasteiger partial charge in [-0.2, -0.15) is 0 Å². The van der Waals surface area contributed by atoms with Crippen LogP contribution in [0.2, 0.25) is 0 Å². The Balaban J connectivity index is 0.000000495. The summed E-state index contributed by atoms with van der Waals surface area (Å²) < 4.78 is 0. The van der Waals surface area contributed by atoms with Crippen LogP contribution in [0.1, 0.15) is 278 Å². The minimum absolute atomic E-state index is 0.0129. The fraction of sp³-hybridized carbons (Fsp3) is 0.772. The Morgan fingerprint density at radius 1 is 0.341 bits per heavy atom. The first-order valence-corrected chi connectivity index (χ1v) is 35.9. The predicted molar refractivity (Wildman–Crippen MR) is 376 cm³/mol. The molecule has 9 heteroatoms. The van der Waals surface area contributed by atoms with Crippen LogP contribution in [0.5, 0.6) is 0 Å². The Kier molecular flexibility index (Phi) is 49.0. The van der Waals surface area contributed by atoms with Gasteiger partial charge >= 0.3 is 0 Å². The molecule has 0 aromatic heterocycles. The van der Waals surface area contributed by atoms with Crippen LogP contribution in [-0.2, 0) is 0 Å². The van der Waals surface area contributed by atoms with Gasteiger partial charge in [0, 0.05) is 11.8 Å². The van der Waals surface area contributed by atoms with Crippen LogP contribution in [-0.4, -0.2) is 101 Å². The Morgan fingerprint density at radius 2 is 0.784 bits per heavy atom. The molecule has 0 aromatic carbocycles. The Bertz CT molecular complexity index is 1830. The number of aliphatic hydroxyl groups excluding tert-OH is 9. The number of hydrogen-bond donors (Lipinski definition) is 9. The molecule has 0 spiro atoms. The maximum Gasteiger partial charge on any atom is 0.0605 e. The molecule has 9 fully saturated rings. The van der Waals surface area contributed by atoms with E-state index in [1.54, 1.807) is 0 Å². The summed E-state index contributed by atoms with van der Waals surface area (Å²) in [6, 6.07) is 0. The second-order valence-electron chi connectivity index (χ2n) is 28.2. The third-order valence-electron chi connectivity index (χ3n) is 20.3. The molecule has 0 saturated heterocycles. The zero-order valence-electron chi connectivity index (χ0n) is 57.2. The van der Waals surface area contributed by atoms with E-state index in [2.05, 4.69) is 72.6 Å². The van der Waals surface area contributed by atoms with Crippen molar-refractivity contribution in [1.29, 1.82) is 0 Å². The van der Waals surface area contributed by atoms with Crippen LogP contribution in [0.4, 0.5) is 0 Å². The first kappa shape index (κ1) is 83.3. The molecule has 12 unspecified atom stereocenters. The van der Waals surface area contributed by atoms with Crippen LogP contribution in [0, 0.1) is 53.3 Å². The van der Waals surface area contributed by atoms with E-state index in [1.807, 2.05) is 50.3 Å². The summed E-state index contributed by atoms with van der Waals surface area (Å²) in [5.41, 5.74) is 3.66. The first-order valence-electron chi connectivity index (χ1n) is 35.9. The predicted octanol–water partition coefficient (Wildman–Crippen LogP) is 18.2. The van der Waals surface area contributed by atoms with Crippen LogP contribution >= 0.6 is 0 Å². The molecule has 9 aliphatic rings. The minimum atomic E-state index is -0.105. The second-order valence-corrected chi connectivity index (χ2v) is 28.2. The van der Waals surface area contributed by atoms with Gasteiger partial charge in [-0.3, -0.25) is 0 Å². The van der Waals surface area contributed by atoms with E-state index >= 15 is 0 Å². The molecule has 0 amide bonds. The zero-order valence-corrected chi connectivity index (χ0v) is 57.2. The summed E-state index contributed by atoms with van der Waals surface area (Å²) >= 11 is 0. The summed E-state index contributed by atoms with van der Waals surface area (Å²) in [6.07, 6.45) is 56.5. The van der Waals surface area contributed by atoms with Crippen molar-refractivity contribution < 1.29 is 46.0 Å². The van der Waals surface area contributed by atoms with E-state index in [0.29, 0.717) is 47.3 Å². The standard InChI is InChI=1S/7C9H16O.2C8H14O/c1-7(2)8-3-5-9(10)6-4-8;1-7(2)8-4-3-5-9(10)6-8;1-7(2)8-5-3-4-6-9(8)10;2*1-2-5-8-6-3-4-7-9(8)10;1-2-4-8-5-3-6-9(10)7-8;1-2-3-8-4-6-9(10)7-5-8;1-2-7-3-5-8(9)6-4-7;1-2-7-4-3-5-8(9)6-7/h3*8-10H,1,3-6H2,2H3;2,5,8-10H,3-4,6-7H2,1H3;3*2,8-10H,1,3-7H2;2*2,7-9H,1,3-6H2. The second kappa shape index (κ2) is 51.8. The van der Waals surface area contributed by atoms with Gasteiger partial charge in [0.05, 0.1) is 54.9 Å². The number of rotatable bonds is 12. The van der Waals surface area contributed by atoms with Gasteiger partial charge in [0.15, 0.2) is 0 Å². The third-order valence-corrected chi connectivity index (χ3v) is 20.3. The molecule has 12 atom stereocenters. The maximum atomic E-state index is 9.48. The van der Waals surface area contributed by atoms with Gasteiger partial charge < -0.3 is 46.0 Å². The Morgan fingerprint density at radius 3 is 1.20 bits per heavy atom. The molecule has 9 rings (SSSR count). The topological polar surface area (TPSA) is 182 Å². The van der Waals surface area contributed by atoms with Crippen molar-refractivity contribution in [3.63, 3.8) is 0 Å². The Hall–Kier alpha value is -2.70. The molecule has 9 nitrogen and oxygen atoms in total. The van der Waals surface area contributed by atoms with Gasteiger partial charge in [0.25, 0.3) is 0 Å². The van der Waals surface area contributed by atoms with Gasteiger partial charge in [0.2, 0.25) is 0 Å². The largest absolute Gasteiger partial charge is 0.393 e. The monoisotopic (exact) mass is 1230 g/mol. The summed E-state index contributed by atoms with van der Waals surface area (Å²) in [7, 11) is 0. The van der Waals surface area contributed by atoms with E-state index in [0.717, 1.165) is 166 Å². The average molecular weight is 1230 g/mol. The van der Waals surface area contributed by atoms with Gasteiger partial charge in [-0.05, 0) is 262 Å². The quantitative estimate of drug-likeness (QED) is 0.0859. The van der Waals surface area contributed by atoms with Crippen molar-refractivity contribution in [3.05, 3.63) is 112 Å². The van der Waals surface area contributed by atoms with Gasteiger partial charge in [-0.1, -0.05) is 137 Å². The Labute approximate surface area is 541 Å². The van der Waals surface area contributed by atoms with Crippen molar-refractivity contribution in [3.8, 4) is 0 Å². The van der Waals surface area contributed by atoms with Crippen LogP contribution in [0.25, 0.3) is 0 Å². The van der Waals surface area contributed by atoms with E-state index in [-0.39, 0.29) is 54.9 Å². The van der Waals surface area contributed by atoms with E-state index in [1.165, 1.54) is 107 Å². The highest BCUT2D eigenvalue weighted by molar-refractivity contribution is 5.01. The molecule has 9 aliphatic carbocycles. The highest BCUT2D eigenvalue weighted by atomic mass is 16.3. The lowest BCUT2D eigenvalue weighted by Crippen LogP contribution is -2.24. The smallest absolute Gasteiger partial charge is 0.0605 e. The minimum Gasteiger partial charge on any atom is -0.393 e. The molecular weight excluding hydrogens is 1090 g/mol. The molecule has 9 N–H and O–H groups in total. The molecule has 0 radical (unpaired) electrons. The van der Waals surface area contributed by atoms with Crippen LogP contribution in [0.15, 0.2) is 112 Å². The molecule has 0 bridgehead atoms. The van der Waals surface area contributed by atoms with Crippen molar-refractivity contribution in [2.75, 3.05) is 0 Å². The van der Waals surface area contributed by atoms with Gasteiger partial charge in [-0.15, -0.1) is 32.9 Å². The molecule has 9 saturated carbocycles. The van der Waals surface area contributed by atoms with Crippen LogP contribution in [0.3, 0.4) is 0 Å². The zero-order chi connectivity index (χ0) is 65.7. The molecule has 510 valence electrons. The summed E-state index contributed by atoms with van der Waals surface area (Å²) in [6.45, 7) is 38.4. The number of aliphatic hydroxyl groups is 9.